The number of thiazole rings is 1. The molecule has 7 rings (SSSR count). The fraction of sp³-hybridized carbons (Fsp3) is 0.310. The van der Waals surface area contributed by atoms with Crippen molar-refractivity contribution in [2.75, 3.05) is 36.5 Å². The number of nitrogens with zero attached hydrogens (tertiary/aromatic N) is 6. The summed E-state index contributed by atoms with van der Waals surface area (Å²) in [5.41, 5.74) is 2.29. The molecule has 1 saturated heterocycles. The molecule has 14 heteroatoms. The van der Waals surface area contributed by atoms with Gasteiger partial charge < -0.3 is 14.2 Å². The van der Waals surface area contributed by atoms with Crippen LogP contribution in [0.5, 0.6) is 0 Å². The Balaban J connectivity index is 1.33. The van der Waals surface area contributed by atoms with Crippen LogP contribution in [0.25, 0.3) is 22.0 Å². The van der Waals surface area contributed by atoms with E-state index in [0.29, 0.717) is 29.6 Å². The lowest BCUT2D eigenvalue weighted by molar-refractivity contribution is -0.118. The van der Waals surface area contributed by atoms with Crippen molar-refractivity contribution < 1.29 is 22.7 Å². The van der Waals surface area contributed by atoms with Crippen LogP contribution in [0.3, 0.4) is 0 Å². The van der Waals surface area contributed by atoms with Crippen molar-refractivity contribution in [2.45, 2.75) is 31.6 Å². The molecule has 222 valence electrons. The van der Waals surface area contributed by atoms with Gasteiger partial charge in [0.05, 0.1) is 42.4 Å². The van der Waals surface area contributed by atoms with Crippen LogP contribution in [0.2, 0.25) is 5.02 Å². The lowest BCUT2D eigenvalue weighted by atomic mass is 9.97. The summed E-state index contributed by atoms with van der Waals surface area (Å²) in [6, 6.07) is 7.68. The Kier molecular flexibility index (Phi) is 7.31. The molecule has 0 bridgehead atoms. The zero-order valence-electron chi connectivity index (χ0n) is 22.6. The van der Waals surface area contributed by atoms with Gasteiger partial charge in [-0.05, 0) is 29.3 Å². The molecule has 2 aromatic carbocycles. The monoisotopic (exact) mass is 627 g/mol. The normalized spacial score (nSPS) is 17.5. The SMILES string of the molecule is O=C(Nc1nccs1)C(c1ncn2c1C[C@@H](F)C2)n1cc2c(Cl)cc(-c3ccc(N4CCOCC4)cc3)c(C(F)F)c2n1. The standard InChI is InChI=1S/C29H25ClF3N7O2S/c30-21-12-19(16-1-3-18(4-2-16)38-6-8-42-9-7-38)23(27(32)33)24-20(21)14-40(37-24)26(28(41)36-29-34-5-10-43-29)25-22-11-17(31)13-39(22)15-35-25/h1-5,10,12,14-15,17,26-27H,6-9,11,13H2,(H,34,36,41)/t17-,26?/m1/s1. The van der Waals surface area contributed by atoms with Gasteiger partial charge in [0.25, 0.3) is 12.3 Å². The maximum absolute atomic E-state index is 14.8. The molecule has 5 heterocycles. The highest BCUT2D eigenvalue weighted by Gasteiger charge is 2.35. The number of hydrogen-bond donors (Lipinski definition) is 1. The number of carbonyl (C=O) groups is 1. The number of halogens is 4. The summed E-state index contributed by atoms with van der Waals surface area (Å²) in [5.74, 6) is -0.541. The number of imidazole rings is 1. The third-order valence-electron chi connectivity index (χ3n) is 7.80. The van der Waals surface area contributed by atoms with Crippen LogP contribution in [0.1, 0.15) is 29.4 Å². The van der Waals surface area contributed by atoms with Gasteiger partial charge in [-0.3, -0.25) is 14.8 Å². The predicted molar refractivity (Wildman–Crippen MR) is 158 cm³/mol. The van der Waals surface area contributed by atoms with Gasteiger partial charge in [0.15, 0.2) is 11.2 Å². The van der Waals surface area contributed by atoms with E-state index in [2.05, 4.69) is 25.3 Å². The molecule has 9 nitrogen and oxygen atoms in total. The lowest BCUT2D eigenvalue weighted by Gasteiger charge is -2.29. The van der Waals surface area contributed by atoms with Crippen molar-refractivity contribution in [3.8, 4) is 11.1 Å². The highest BCUT2D eigenvalue weighted by molar-refractivity contribution is 7.13. The average Bonchev–Trinajstić information content (AvgIpc) is 3.80. The summed E-state index contributed by atoms with van der Waals surface area (Å²) in [4.78, 5) is 24.4. The Morgan fingerprint density at radius 2 is 1.95 bits per heavy atom. The molecular weight excluding hydrogens is 603 g/mol. The van der Waals surface area contributed by atoms with Crippen LogP contribution in [-0.4, -0.2) is 62.7 Å². The first-order valence-corrected chi connectivity index (χ1v) is 14.9. The molecule has 3 aromatic heterocycles. The van der Waals surface area contributed by atoms with E-state index in [9.17, 15) is 18.0 Å². The van der Waals surface area contributed by atoms with E-state index in [0.717, 1.165) is 18.8 Å². The summed E-state index contributed by atoms with van der Waals surface area (Å²) in [5, 5.41) is 9.80. The fourth-order valence-corrected chi connectivity index (χ4v) is 6.57. The molecule has 2 atom stereocenters. The van der Waals surface area contributed by atoms with Crippen molar-refractivity contribution in [2.24, 2.45) is 0 Å². The Labute approximate surface area is 252 Å². The molecule has 1 fully saturated rings. The van der Waals surface area contributed by atoms with Crippen LogP contribution >= 0.6 is 22.9 Å². The van der Waals surface area contributed by atoms with E-state index in [-0.39, 0.29) is 45.7 Å². The Morgan fingerprint density at radius 1 is 1.16 bits per heavy atom. The predicted octanol–water partition coefficient (Wildman–Crippen LogP) is 5.91. The van der Waals surface area contributed by atoms with Gasteiger partial charge in [-0.15, -0.1) is 11.3 Å². The molecule has 2 aliphatic rings. The first-order valence-electron chi connectivity index (χ1n) is 13.7. The van der Waals surface area contributed by atoms with E-state index < -0.39 is 24.5 Å². The van der Waals surface area contributed by atoms with Gasteiger partial charge in [-0.25, -0.2) is 23.1 Å². The van der Waals surface area contributed by atoms with Crippen molar-refractivity contribution in [1.29, 1.82) is 0 Å². The molecule has 1 N–H and O–H groups in total. The second kappa shape index (κ2) is 11.3. The minimum Gasteiger partial charge on any atom is -0.378 e. The number of fused-ring (bicyclic) bond motifs is 2. The molecule has 1 amide bonds. The number of hydrogen-bond acceptors (Lipinski definition) is 7. The van der Waals surface area contributed by atoms with E-state index in [1.807, 2.05) is 12.1 Å². The molecule has 43 heavy (non-hydrogen) atoms. The lowest BCUT2D eigenvalue weighted by Crippen LogP contribution is -2.36. The zero-order valence-corrected chi connectivity index (χ0v) is 24.2. The number of carbonyl (C=O) groups excluding carboxylic acids is 1. The van der Waals surface area contributed by atoms with Crippen molar-refractivity contribution in [1.82, 2.24) is 24.3 Å². The number of nitrogens with one attached hydrogen (secondary N) is 1. The quantitative estimate of drug-likeness (QED) is 0.242. The maximum atomic E-state index is 14.8. The van der Waals surface area contributed by atoms with Crippen LogP contribution in [0, 0.1) is 0 Å². The van der Waals surface area contributed by atoms with Crippen molar-refractivity contribution in [3.05, 3.63) is 76.4 Å². The first kappa shape index (κ1) is 27.9. The Morgan fingerprint density at radius 3 is 2.67 bits per heavy atom. The molecule has 5 aromatic rings. The zero-order chi connectivity index (χ0) is 29.7. The molecule has 0 aliphatic carbocycles. The van der Waals surface area contributed by atoms with Gasteiger partial charge in [-0.1, -0.05) is 23.7 Å². The average molecular weight is 628 g/mol. The number of anilines is 2. The summed E-state index contributed by atoms with van der Waals surface area (Å²) in [6.45, 7) is 2.88. The summed E-state index contributed by atoms with van der Waals surface area (Å²) >= 11 is 7.92. The highest BCUT2D eigenvalue weighted by Crippen LogP contribution is 2.41. The number of morpholine rings is 1. The second-order valence-corrected chi connectivity index (χ2v) is 11.7. The fourth-order valence-electron chi connectivity index (χ4n) is 5.79. The number of aromatic nitrogens is 5. The van der Waals surface area contributed by atoms with Crippen LogP contribution in [0.15, 0.2) is 54.4 Å². The molecule has 1 unspecified atom stereocenters. The first-order chi connectivity index (χ1) is 20.9. The van der Waals surface area contributed by atoms with E-state index >= 15 is 0 Å². The van der Waals surface area contributed by atoms with Gasteiger partial charge in [0.1, 0.15) is 11.7 Å². The molecule has 0 saturated carbocycles. The van der Waals surface area contributed by atoms with Gasteiger partial charge in [-0.2, -0.15) is 5.10 Å². The summed E-state index contributed by atoms with van der Waals surface area (Å²) < 4.78 is 52.3. The Hall–Kier alpha value is -3.94. The largest absolute Gasteiger partial charge is 0.378 e. The number of amides is 1. The summed E-state index contributed by atoms with van der Waals surface area (Å²) in [6.07, 6.45) is 0.563. The molecule has 0 spiro atoms. The van der Waals surface area contributed by atoms with Crippen LogP contribution < -0.4 is 10.2 Å². The van der Waals surface area contributed by atoms with Crippen molar-refractivity contribution >= 4 is 50.6 Å². The minimum atomic E-state index is -2.89. The Bertz CT molecular complexity index is 1790. The van der Waals surface area contributed by atoms with E-state index in [4.69, 9.17) is 16.3 Å². The van der Waals surface area contributed by atoms with Gasteiger partial charge >= 0.3 is 0 Å². The smallest absolute Gasteiger partial charge is 0.266 e. The minimum absolute atomic E-state index is 0.0268. The second-order valence-electron chi connectivity index (χ2n) is 10.4. The van der Waals surface area contributed by atoms with Crippen LogP contribution in [-0.2, 0) is 22.5 Å². The summed E-state index contributed by atoms with van der Waals surface area (Å²) in [7, 11) is 0. The highest BCUT2D eigenvalue weighted by atomic mass is 35.5. The van der Waals surface area contributed by atoms with E-state index in [1.165, 1.54) is 34.6 Å². The number of benzene rings is 2. The molecule has 0 radical (unpaired) electrons. The number of ether oxygens (including phenoxy) is 1. The molecular formula is C29H25ClF3N7O2S. The van der Waals surface area contributed by atoms with E-state index in [1.54, 1.807) is 28.3 Å². The topological polar surface area (TPSA) is 90.1 Å². The number of alkyl halides is 3. The third-order valence-corrected chi connectivity index (χ3v) is 8.80. The van der Waals surface area contributed by atoms with Gasteiger partial charge in [0, 0.05) is 54.1 Å². The van der Waals surface area contributed by atoms with Gasteiger partial charge in [0.2, 0.25) is 0 Å². The van der Waals surface area contributed by atoms with Crippen LogP contribution in [0.4, 0.5) is 24.0 Å². The third kappa shape index (κ3) is 5.15. The molecule has 2 aliphatic heterocycles. The van der Waals surface area contributed by atoms with Crippen molar-refractivity contribution in [3.63, 3.8) is 0 Å². The number of rotatable bonds is 7. The maximum Gasteiger partial charge on any atom is 0.266 e.